The van der Waals surface area contributed by atoms with E-state index in [9.17, 15) is 22.8 Å². The summed E-state index contributed by atoms with van der Waals surface area (Å²) in [5.74, 6) is -1.43. The highest BCUT2D eigenvalue weighted by Crippen LogP contribution is 2.18. The Kier molecular flexibility index (Phi) is 10.1. The van der Waals surface area contributed by atoms with Crippen LogP contribution in [0, 0.1) is 11.8 Å². The van der Waals surface area contributed by atoms with Crippen LogP contribution in [0.25, 0.3) is 0 Å². The van der Waals surface area contributed by atoms with E-state index in [-0.39, 0.29) is 28.9 Å². The number of nitrogens with zero attached hydrogens (tertiary/aromatic N) is 2. The van der Waals surface area contributed by atoms with E-state index in [2.05, 4.69) is 12.2 Å². The summed E-state index contributed by atoms with van der Waals surface area (Å²) in [5, 5.41) is 2.63. The van der Waals surface area contributed by atoms with Crippen molar-refractivity contribution in [3.8, 4) is 0 Å². The Morgan fingerprint density at radius 1 is 1.21 bits per heavy atom. The molecule has 0 bridgehead atoms. The van der Waals surface area contributed by atoms with E-state index >= 15 is 0 Å². The molecule has 1 saturated heterocycles. The minimum Gasteiger partial charge on any atom is -0.454 e. The molecule has 1 fully saturated rings. The number of sulfonamides is 1. The second-order valence-electron chi connectivity index (χ2n) is 9.01. The SMILES string of the molecule is CCN(CC)S(=O)(=O)c1cccc(C(=O)N[C@H](C(=O)OCC(=O)N2CCCC(C)C2)C(C)C)c1. The van der Waals surface area contributed by atoms with E-state index in [1.807, 2.05) is 0 Å². The van der Waals surface area contributed by atoms with Crippen molar-refractivity contribution >= 4 is 27.8 Å². The Bertz CT molecular complexity index is 975. The van der Waals surface area contributed by atoms with Gasteiger partial charge in [0.15, 0.2) is 6.61 Å². The molecule has 10 heteroatoms. The van der Waals surface area contributed by atoms with Crippen LogP contribution in [0.4, 0.5) is 0 Å². The van der Waals surface area contributed by atoms with E-state index in [0.717, 1.165) is 12.8 Å². The van der Waals surface area contributed by atoms with Crippen molar-refractivity contribution in [1.29, 1.82) is 0 Å². The maximum Gasteiger partial charge on any atom is 0.329 e. The van der Waals surface area contributed by atoms with Gasteiger partial charge in [-0.25, -0.2) is 13.2 Å². The van der Waals surface area contributed by atoms with Crippen molar-refractivity contribution in [1.82, 2.24) is 14.5 Å². The monoisotopic (exact) mass is 495 g/mol. The quantitative estimate of drug-likeness (QED) is 0.498. The summed E-state index contributed by atoms with van der Waals surface area (Å²) in [5.41, 5.74) is 0.116. The highest BCUT2D eigenvalue weighted by atomic mass is 32.2. The van der Waals surface area contributed by atoms with Gasteiger partial charge in [0.2, 0.25) is 10.0 Å². The standard InChI is InChI=1S/C24H37N3O6S/c1-6-27(7-2)34(31,32)20-12-8-11-19(14-20)23(29)25-22(17(3)4)24(30)33-16-21(28)26-13-9-10-18(5)15-26/h8,11-12,14,17-18,22H,6-7,9-10,13,15-16H2,1-5H3,(H,25,29)/t18?,22-/m0/s1. The highest BCUT2D eigenvalue weighted by Gasteiger charge is 2.29. The maximum absolute atomic E-state index is 12.9. The van der Waals surface area contributed by atoms with Crippen LogP contribution in [-0.2, 0) is 24.3 Å². The predicted octanol–water partition coefficient (Wildman–Crippen LogP) is 2.27. The number of benzene rings is 1. The zero-order chi connectivity index (χ0) is 25.5. The zero-order valence-electron chi connectivity index (χ0n) is 20.7. The van der Waals surface area contributed by atoms with Crippen LogP contribution in [0.1, 0.15) is 57.8 Å². The van der Waals surface area contributed by atoms with E-state index in [1.165, 1.54) is 28.6 Å². The van der Waals surface area contributed by atoms with Gasteiger partial charge in [-0.3, -0.25) is 9.59 Å². The molecule has 34 heavy (non-hydrogen) atoms. The van der Waals surface area contributed by atoms with Crippen LogP contribution in [0.15, 0.2) is 29.2 Å². The molecule has 1 N–H and O–H groups in total. The first-order valence-electron chi connectivity index (χ1n) is 11.9. The second kappa shape index (κ2) is 12.3. The van der Waals surface area contributed by atoms with Crippen molar-refractivity contribution in [3.63, 3.8) is 0 Å². The minimum atomic E-state index is -3.73. The molecular formula is C24H37N3O6S. The molecule has 0 saturated carbocycles. The summed E-state index contributed by atoms with van der Waals surface area (Å²) < 4.78 is 32.1. The average molecular weight is 496 g/mol. The zero-order valence-corrected chi connectivity index (χ0v) is 21.6. The molecule has 2 atom stereocenters. The first-order chi connectivity index (χ1) is 16.0. The maximum atomic E-state index is 12.9. The summed E-state index contributed by atoms with van der Waals surface area (Å²) >= 11 is 0. The van der Waals surface area contributed by atoms with Gasteiger partial charge < -0.3 is 15.0 Å². The molecule has 190 valence electrons. The fourth-order valence-electron chi connectivity index (χ4n) is 3.96. The number of nitrogens with one attached hydrogen (secondary N) is 1. The molecule has 1 aliphatic rings. The number of carbonyl (C=O) groups is 3. The van der Waals surface area contributed by atoms with Crippen LogP contribution in [0.2, 0.25) is 0 Å². The molecular weight excluding hydrogens is 458 g/mol. The molecule has 1 unspecified atom stereocenters. The number of rotatable bonds is 10. The largest absolute Gasteiger partial charge is 0.454 e. The Morgan fingerprint density at radius 2 is 1.88 bits per heavy atom. The molecule has 1 aliphatic heterocycles. The van der Waals surface area contributed by atoms with Gasteiger partial charge in [-0.15, -0.1) is 0 Å². The van der Waals surface area contributed by atoms with Crippen LogP contribution in [-0.4, -0.2) is 74.2 Å². The first kappa shape index (κ1) is 27.8. The van der Waals surface area contributed by atoms with Crippen molar-refractivity contribution in [2.45, 2.75) is 58.4 Å². The Balaban J connectivity index is 2.07. The van der Waals surface area contributed by atoms with Gasteiger partial charge in [-0.2, -0.15) is 4.31 Å². The second-order valence-corrected chi connectivity index (χ2v) is 10.9. The van der Waals surface area contributed by atoms with Crippen LogP contribution in [0.3, 0.4) is 0 Å². The highest BCUT2D eigenvalue weighted by molar-refractivity contribution is 7.89. The average Bonchev–Trinajstić information content (AvgIpc) is 2.81. The van der Waals surface area contributed by atoms with Crippen LogP contribution in [0.5, 0.6) is 0 Å². The number of likely N-dealkylation sites (tertiary alicyclic amines) is 1. The van der Waals surface area contributed by atoms with E-state index < -0.39 is 27.9 Å². The molecule has 1 aromatic carbocycles. The smallest absolute Gasteiger partial charge is 0.329 e. The molecule has 0 aromatic heterocycles. The Labute approximate surface area is 202 Å². The summed E-state index contributed by atoms with van der Waals surface area (Å²) in [6, 6.07) is 4.73. The molecule has 0 radical (unpaired) electrons. The topological polar surface area (TPSA) is 113 Å². The molecule has 0 aliphatic carbocycles. The third-order valence-corrected chi connectivity index (χ3v) is 8.04. The van der Waals surface area contributed by atoms with Crippen molar-refractivity contribution < 1.29 is 27.5 Å². The number of piperidine rings is 1. The summed E-state index contributed by atoms with van der Waals surface area (Å²) in [6.45, 7) is 10.6. The molecule has 9 nitrogen and oxygen atoms in total. The van der Waals surface area contributed by atoms with E-state index in [4.69, 9.17) is 4.74 Å². The van der Waals surface area contributed by atoms with Crippen LogP contribution < -0.4 is 5.32 Å². The van der Waals surface area contributed by atoms with Gasteiger partial charge in [0.05, 0.1) is 4.90 Å². The molecule has 0 spiro atoms. The van der Waals surface area contributed by atoms with Crippen molar-refractivity contribution in [3.05, 3.63) is 29.8 Å². The van der Waals surface area contributed by atoms with Gasteiger partial charge in [-0.05, 0) is 42.9 Å². The number of hydrogen-bond donors (Lipinski definition) is 1. The fourth-order valence-corrected chi connectivity index (χ4v) is 5.47. The lowest BCUT2D eigenvalue weighted by molar-refractivity contribution is -0.155. The van der Waals surface area contributed by atoms with Gasteiger partial charge >= 0.3 is 5.97 Å². The lowest BCUT2D eigenvalue weighted by atomic mass is 10.0. The summed E-state index contributed by atoms with van der Waals surface area (Å²) in [7, 11) is -3.73. The van der Waals surface area contributed by atoms with Gasteiger partial charge in [-0.1, -0.05) is 40.7 Å². The van der Waals surface area contributed by atoms with Crippen LogP contribution >= 0.6 is 0 Å². The van der Waals surface area contributed by atoms with Crippen molar-refractivity contribution in [2.24, 2.45) is 11.8 Å². The number of carbonyl (C=O) groups excluding carboxylic acids is 3. The number of hydrogen-bond acceptors (Lipinski definition) is 6. The van der Waals surface area contributed by atoms with Gasteiger partial charge in [0.25, 0.3) is 11.8 Å². The molecule has 2 rings (SSSR count). The predicted molar refractivity (Wildman–Crippen MR) is 129 cm³/mol. The fraction of sp³-hybridized carbons (Fsp3) is 0.625. The Hall–Kier alpha value is -2.46. The van der Waals surface area contributed by atoms with E-state index in [1.54, 1.807) is 32.6 Å². The normalized spacial score (nSPS) is 17.5. The first-order valence-corrected chi connectivity index (χ1v) is 13.3. The molecule has 1 heterocycles. The van der Waals surface area contributed by atoms with Crippen molar-refractivity contribution in [2.75, 3.05) is 32.8 Å². The molecule has 2 amide bonds. The van der Waals surface area contributed by atoms with E-state index in [0.29, 0.717) is 32.1 Å². The third-order valence-electron chi connectivity index (χ3n) is 5.99. The summed E-state index contributed by atoms with van der Waals surface area (Å²) in [4.78, 5) is 39.7. The Morgan fingerprint density at radius 3 is 2.47 bits per heavy atom. The summed E-state index contributed by atoms with van der Waals surface area (Å²) in [6.07, 6.45) is 2.00. The lowest BCUT2D eigenvalue weighted by Gasteiger charge is -2.31. The van der Waals surface area contributed by atoms with Gasteiger partial charge in [0.1, 0.15) is 6.04 Å². The van der Waals surface area contributed by atoms with Gasteiger partial charge in [0, 0.05) is 31.7 Å². The number of ether oxygens (including phenoxy) is 1. The minimum absolute atomic E-state index is 0.00822. The molecule has 1 aromatic rings. The lowest BCUT2D eigenvalue weighted by Crippen LogP contribution is -2.47. The number of esters is 1. The number of amides is 2. The third kappa shape index (κ3) is 7.02.